The van der Waals surface area contributed by atoms with E-state index in [0.29, 0.717) is 29.5 Å². The molecule has 0 spiro atoms. The van der Waals surface area contributed by atoms with E-state index in [1.54, 1.807) is 31.4 Å². The topological polar surface area (TPSA) is 38.3 Å². The molecule has 94 valence electrons. The summed E-state index contributed by atoms with van der Waals surface area (Å²) >= 11 is 11.5. The molecular formula is C12H15Cl2NO2. The van der Waals surface area contributed by atoms with Crippen LogP contribution in [0.1, 0.15) is 16.8 Å². The second kappa shape index (κ2) is 7.54. The van der Waals surface area contributed by atoms with Crippen molar-refractivity contribution in [3.8, 4) is 0 Å². The predicted molar refractivity (Wildman–Crippen MR) is 69.9 cm³/mol. The Morgan fingerprint density at radius 1 is 1.53 bits per heavy atom. The fourth-order valence-corrected chi connectivity index (χ4v) is 1.88. The van der Waals surface area contributed by atoms with Crippen LogP contribution in [0.15, 0.2) is 24.3 Å². The van der Waals surface area contributed by atoms with Crippen LogP contribution >= 0.6 is 23.2 Å². The van der Waals surface area contributed by atoms with Gasteiger partial charge in [0.2, 0.25) is 0 Å². The van der Waals surface area contributed by atoms with Crippen LogP contribution in [0.2, 0.25) is 5.02 Å². The molecule has 5 heteroatoms. The van der Waals surface area contributed by atoms with E-state index >= 15 is 0 Å². The molecule has 0 aliphatic carbocycles. The number of methoxy groups -OCH3 is 1. The number of halogens is 2. The number of rotatable bonds is 6. The van der Waals surface area contributed by atoms with Crippen LogP contribution in [-0.4, -0.2) is 31.5 Å². The van der Waals surface area contributed by atoms with Gasteiger partial charge in [0.15, 0.2) is 0 Å². The van der Waals surface area contributed by atoms with Crippen LogP contribution in [0, 0.1) is 0 Å². The molecule has 0 heterocycles. The lowest BCUT2D eigenvalue weighted by molar-refractivity contribution is 0.0895. The molecule has 1 aromatic carbocycles. The first-order chi connectivity index (χ1) is 8.17. The number of ether oxygens (including phenoxy) is 1. The Bertz CT molecular complexity index is 365. The van der Waals surface area contributed by atoms with E-state index in [0.717, 1.165) is 0 Å². The molecule has 1 aromatic rings. The maximum atomic E-state index is 11.9. The van der Waals surface area contributed by atoms with Crippen LogP contribution < -0.4 is 5.32 Å². The van der Waals surface area contributed by atoms with Crippen molar-refractivity contribution in [3.63, 3.8) is 0 Å². The zero-order valence-corrected chi connectivity index (χ0v) is 11.1. The summed E-state index contributed by atoms with van der Waals surface area (Å²) in [5, 5.41) is 3.40. The summed E-state index contributed by atoms with van der Waals surface area (Å²) < 4.78 is 5.02. The van der Waals surface area contributed by atoms with Crippen molar-refractivity contribution in [1.29, 1.82) is 0 Å². The van der Waals surface area contributed by atoms with Gasteiger partial charge in [-0.3, -0.25) is 4.79 Å². The summed E-state index contributed by atoms with van der Waals surface area (Å²) in [5.74, 6) is 0.309. The summed E-state index contributed by atoms with van der Waals surface area (Å²) in [5.41, 5.74) is 0.535. The summed E-state index contributed by atoms with van der Waals surface area (Å²) in [4.78, 5) is 11.9. The van der Waals surface area contributed by atoms with Gasteiger partial charge >= 0.3 is 0 Å². The Morgan fingerprint density at radius 3 is 2.88 bits per heavy atom. The molecule has 1 atom stereocenters. The molecule has 0 bridgehead atoms. The number of hydrogen-bond donors (Lipinski definition) is 1. The van der Waals surface area contributed by atoms with Crippen molar-refractivity contribution in [2.45, 2.75) is 12.5 Å². The summed E-state index contributed by atoms with van der Waals surface area (Å²) in [6.07, 6.45) is 0.668. The highest BCUT2D eigenvalue weighted by Crippen LogP contribution is 2.11. The lowest BCUT2D eigenvalue weighted by atomic mass is 10.2. The van der Waals surface area contributed by atoms with Gasteiger partial charge in [-0.25, -0.2) is 0 Å². The van der Waals surface area contributed by atoms with Crippen LogP contribution in [0.4, 0.5) is 0 Å². The Hall–Kier alpha value is -0.770. The maximum absolute atomic E-state index is 11.9. The first-order valence-corrected chi connectivity index (χ1v) is 6.20. The third-order valence-electron chi connectivity index (χ3n) is 2.25. The van der Waals surface area contributed by atoms with Crippen molar-refractivity contribution >= 4 is 29.1 Å². The molecule has 0 radical (unpaired) electrons. The van der Waals surface area contributed by atoms with Crippen LogP contribution in [0.3, 0.4) is 0 Å². The van der Waals surface area contributed by atoms with E-state index < -0.39 is 0 Å². The van der Waals surface area contributed by atoms with Gasteiger partial charge in [0.05, 0.1) is 12.6 Å². The molecule has 1 rings (SSSR count). The van der Waals surface area contributed by atoms with Gasteiger partial charge in [0.1, 0.15) is 0 Å². The SMILES string of the molecule is COCC(CCCl)NC(=O)c1cccc(Cl)c1. The largest absolute Gasteiger partial charge is 0.383 e. The van der Waals surface area contributed by atoms with E-state index in [1.807, 2.05) is 0 Å². The minimum atomic E-state index is -0.167. The number of nitrogens with one attached hydrogen (secondary N) is 1. The van der Waals surface area contributed by atoms with Crippen LogP contribution in [0.5, 0.6) is 0 Å². The third kappa shape index (κ3) is 4.94. The minimum Gasteiger partial charge on any atom is -0.383 e. The normalized spacial score (nSPS) is 12.2. The van der Waals surface area contributed by atoms with E-state index in [1.165, 1.54) is 0 Å². The summed E-state index contributed by atoms with van der Waals surface area (Å²) in [7, 11) is 1.59. The number of hydrogen-bond acceptors (Lipinski definition) is 2. The van der Waals surface area contributed by atoms with Crippen molar-refractivity contribution in [1.82, 2.24) is 5.32 Å². The van der Waals surface area contributed by atoms with Crippen molar-refractivity contribution in [2.24, 2.45) is 0 Å². The molecule has 1 N–H and O–H groups in total. The second-order valence-electron chi connectivity index (χ2n) is 3.61. The summed E-state index contributed by atoms with van der Waals surface area (Å²) in [6, 6.07) is 6.73. The van der Waals surface area contributed by atoms with Crippen molar-refractivity contribution in [2.75, 3.05) is 19.6 Å². The molecule has 0 aromatic heterocycles. The lowest BCUT2D eigenvalue weighted by Gasteiger charge is -2.16. The highest BCUT2D eigenvalue weighted by molar-refractivity contribution is 6.30. The standard InChI is InChI=1S/C12H15Cl2NO2/c1-17-8-11(5-6-13)15-12(16)9-3-2-4-10(14)7-9/h2-4,7,11H,5-6,8H2,1H3,(H,15,16). The molecule has 1 amide bonds. The molecule has 17 heavy (non-hydrogen) atoms. The molecule has 3 nitrogen and oxygen atoms in total. The first kappa shape index (κ1) is 14.3. The van der Waals surface area contributed by atoms with Gasteiger partial charge < -0.3 is 10.1 Å². The number of carbonyl (C=O) groups is 1. The number of amides is 1. The number of carbonyl (C=O) groups excluding carboxylic acids is 1. The zero-order chi connectivity index (χ0) is 12.7. The predicted octanol–water partition coefficient (Wildman–Crippen LogP) is 2.71. The van der Waals surface area contributed by atoms with Gasteiger partial charge in [0, 0.05) is 23.6 Å². The quantitative estimate of drug-likeness (QED) is 0.811. The molecular weight excluding hydrogens is 261 g/mol. The van der Waals surface area contributed by atoms with Gasteiger partial charge in [-0.1, -0.05) is 17.7 Å². The van der Waals surface area contributed by atoms with Crippen molar-refractivity contribution in [3.05, 3.63) is 34.9 Å². The third-order valence-corrected chi connectivity index (χ3v) is 2.70. The second-order valence-corrected chi connectivity index (χ2v) is 4.43. The molecule has 0 saturated carbocycles. The highest BCUT2D eigenvalue weighted by atomic mass is 35.5. The number of benzene rings is 1. The smallest absolute Gasteiger partial charge is 0.251 e. The molecule has 0 fully saturated rings. The highest BCUT2D eigenvalue weighted by Gasteiger charge is 2.13. The van der Waals surface area contributed by atoms with E-state index in [2.05, 4.69) is 5.32 Å². The summed E-state index contributed by atoms with van der Waals surface area (Å²) in [6.45, 7) is 0.443. The Labute approximate surface area is 111 Å². The Kier molecular flexibility index (Phi) is 6.34. The fourth-order valence-electron chi connectivity index (χ4n) is 1.43. The zero-order valence-electron chi connectivity index (χ0n) is 9.58. The van der Waals surface area contributed by atoms with Gasteiger partial charge in [-0.05, 0) is 24.6 Å². The maximum Gasteiger partial charge on any atom is 0.251 e. The van der Waals surface area contributed by atoms with Gasteiger partial charge in [-0.15, -0.1) is 11.6 Å². The van der Waals surface area contributed by atoms with E-state index in [-0.39, 0.29) is 11.9 Å². The molecule has 0 aliphatic heterocycles. The molecule has 0 saturated heterocycles. The minimum absolute atomic E-state index is 0.0796. The van der Waals surface area contributed by atoms with Gasteiger partial charge in [-0.2, -0.15) is 0 Å². The average molecular weight is 276 g/mol. The monoisotopic (exact) mass is 275 g/mol. The van der Waals surface area contributed by atoms with Gasteiger partial charge in [0.25, 0.3) is 5.91 Å². The van der Waals surface area contributed by atoms with E-state index in [4.69, 9.17) is 27.9 Å². The molecule has 1 unspecified atom stereocenters. The average Bonchev–Trinajstić information content (AvgIpc) is 2.29. The lowest BCUT2D eigenvalue weighted by Crippen LogP contribution is -2.38. The number of alkyl halides is 1. The van der Waals surface area contributed by atoms with Crippen molar-refractivity contribution < 1.29 is 9.53 Å². The van der Waals surface area contributed by atoms with Crippen LogP contribution in [-0.2, 0) is 4.74 Å². The fraction of sp³-hybridized carbons (Fsp3) is 0.417. The van der Waals surface area contributed by atoms with E-state index in [9.17, 15) is 4.79 Å². The molecule has 0 aliphatic rings. The Balaban J connectivity index is 2.63. The van der Waals surface area contributed by atoms with Crippen LogP contribution in [0.25, 0.3) is 0 Å². The first-order valence-electron chi connectivity index (χ1n) is 5.28. The Morgan fingerprint density at radius 2 is 2.29 bits per heavy atom.